The predicted octanol–water partition coefficient (Wildman–Crippen LogP) is 2.22. The molecular weight excluding hydrogens is 300 g/mol. The van der Waals surface area contributed by atoms with Crippen molar-refractivity contribution in [2.75, 3.05) is 0 Å². The molecule has 0 fully saturated rings. The van der Waals surface area contributed by atoms with Crippen molar-refractivity contribution in [1.29, 1.82) is 0 Å². The van der Waals surface area contributed by atoms with Gasteiger partial charge in [0, 0.05) is 12.4 Å². The second-order valence-corrected chi connectivity index (χ2v) is 5.37. The lowest BCUT2D eigenvalue weighted by molar-refractivity contribution is 0.293. The van der Waals surface area contributed by atoms with Gasteiger partial charge in [-0.15, -0.1) is 10.2 Å². The van der Waals surface area contributed by atoms with E-state index in [-0.39, 0.29) is 0 Å². The number of hydrogen-bond acceptors (Lipinski definition) is 7. The molecule has 0 unspecified atom stereocenters. The molecule has 108 valence electrons. The zero-order valence-electron chi connectivity index (χ0n) is 11.3. The SMILES string of the molecule is c1ccc(OCc2nnc3sc(-c4cnccn4)nn23)cc1. The average Bonchev–Trinajstić information content (AvgIpc) is 3.16. The Bertz CT molecular complexity index is 890. The lowest BCUT2D eigenvalue weighted by Gasteiger charge is -2.02. The van der Waals surface area contributed by atoms with Gasteiger partial charge in [0.25, 0.3) is 0 Å². The van der Waals surface area contributed by atoms with E-state index >= 15 is 0 Å². The van der Waals surface area contributed by atoms with Crippen molar-refractivity contribution in [2.24, 2.45) is 0 Å². The van der Waals surface area contributed by atoms with Crippen LogP contribution in [0.2, 0.25) is 0 Å². The molecular formula is C14H10N6OS. The Morgan fingerprint density at radius 1 is 1.09 bits per heavy atom. The second kappa shape index (κ2) is 5.49. The van der Waals surface area contributed by atoms with Crippen molar-refractivity contribution in [3.63, 3.8) is 0 Å². The zero-order valence-corrected chi connectivity index (χ0v) is 12.1. The molecule has 8 heteroatoms. The molecule has 0 N–H and O–H groups in total. The molecule has 4 rings (SSSR count). The Hall–Kier alpha value is -2.87. The number of ether oxygens (including phenoxy) is 1. The Morgan fingerprint density at radius 2 is 2.00 bits per heavy atom. The third kappa shape index (κ3) is 2.40. The molecule has 0 amide bonds. The second-order valence-electron chi connectivity index (χ2n) is 4.41. The maximum Gasteiger partial charge on any atom is 0.235 e. The molecule has 0 aliphatic rings. The first kappa shape index (κ1) is 12.8. The fourth-order valence-electron chi connectivity index (χ4n) is 1.93. The Kier molecular flexibility index (Phi) is 3.20. The van der Waals surface area contributed by atoms with Crippen molar-refractivity contribution in [3.05, 3.63) is 54.7 Å². The first-order valence-corrected chi connectivity index (χ1v) is 7.37. The van der Waals surface area contributed by atoms with E-state index in [4.69, 9.17) is 4.74 Å². The third-order valence-electron chi connectivity index (χ3n) is 2.95. The molecule has 22 heavy (non-hydrogen) atoms. The summed E-state index contributed by atoms with van der Waals surface area (Å²) >= 11 is 1.41. The molecule has 7 nitrogen and oxygen atoms in total. The van der Waals surface area contributed by atoms with E-state index in [9.17, 15) is 0 Å². The number of fused-ring (bicyclic) bond motifs is 1. The molecule has 3 aromatic heterocycles. The molecule has 0 aliphatic heterocycles. The topological polar surface area (TPSA) is 78.1 Å². The molecule has 0 spiro atoms. The number of para-hydroxylation sites is 1. The predicted molar refractivity (Wildman–Crippen MR) is 80.5 cm³/mol. The van der Waals surface area contributed by atoms with Crippen LogP contribution in [0.4, 0.5) is 0 Å². The van der Waals surface area contributed by atoms with Gasteiger partial charge in [0.2, 0.25) is 4.96 Å². The maximum atomic E-state index is 5.69. The van der Waals surface area contributed by atoms with Crippen LogP contribution in [0.25, 0.3) is 15.7 Å². The summed E-state index contributed by atoms with van der Waals surface area (Å²) in [6.07, 6.45) is 4.94. The van der Waals surface area contributed by atoms with E-state index in [0.717, 1.165) is 10.8 Å². The van der Waals surface area contributed by atoms with E-state index < -0.39 is 0 Å². The zero-order chi connectivity index (χ0) is 14.8. The lowest BCUT2D eigenvalue weighted by atomic mass is 10.3. The highest BCUT2D eigenvalue weighted by Gasteiger charge is 2.14. The Morgan fingerprint density at radius 3 is 2.82 bits per heavy atom. The Balaban J connectivity index is 1.61. The van der Waals surface area contributed by atoms with Gasteiger partial charge in [0.15, 0.2) is 10.8 Å². The summed E-state index contributed by atoms with van der Waals surface area (Å²) in [6, 6.07) is 9.57. The summed E-state index contributed by atoms with van der Waals surface area (Å²) in [7, 11) is 0. The van der Waals surface area contributed by atoms with E-state index in [1.165, 1.54) is 11.3 Å². The van der Waals surface area contributed by atoms with Gasteiger partial charge in [-0.05, 0) is 12.1 Å². The van der Waals surface area contributed by atoms with E-state index in [1.54, 1.807) is 23.1 Å². The molecule has 0 saturated carbocycles. The molecule has 0 saturated heterocycles. The highest BCUT2D eigenvalue weighted by molar-refractivity contribution is 7.19. The van der Waals surface area contributed by atoms with Crippen molar-refractivity contribution in [1.82, 2.24) is 29.8 Å². The summed E-state index contributed by atoms with van der Waals surface area (Å²) in [5, 5.41) is 13.5. The standard InChI is InChI=1S/C14H10N6OS/c1-2-4-10(5-3-1)21-9-12-17-18-14-20(12)19-13(22-14)11-8-15-6-7-16-11/h1-8H,9H2. The summed E-state index contributed by atoms with van der Waals surface area (Å²) in [6.45, 7) is 0.300. The normalized spacial score (nSPS) is 10.9. The summed E-state index contributed by atoms with van der Waals surface area (Å²) in [5.41, 5.74) is 0.716. The molecule has 0 atom stereocenters. The van der Waals surface area contributed by atoms with Crippen LogP contribution >= 0.6 is 11.3 Å². The van der Waals surface area contributed by atoms with Gasteiger partial charge in [-0.25, -0.2) is 0 Å². The number of rotatable bonds is 4. The molecule has 0 bridgehead atoms. The van der Waals surface area contributed by atoms with Crippen LogP contribution in [0, 0.1) is 0 Å². The minimum Gasteiger partial charge on any atom is -0.486 e. The van der Waals surface area contributed by atoms with Crippen molar-refractivity contribution >= 4 is 16.3 Å². The number of aromatic nitrogens is 6. The van der Waals surface area contributed by atoms with Crippen LogP contribution in [-0.4, -0.2) is 29.8 Å². The highest BCUT2D eigenvalue weighted by atomic mass is 32.1. The van der Waals surface area contributed by atoms with Gasteiger partial charge in [0.1, 0.15) is 18.1 Å². The fraction of sp³-hybridized carbons (Fsp3) is 0.0714. The molecule has 4 aromatic rings. The molecule has 0 radical (unpaired) electrons. The first-order valence-electron chi connectivity index (χ1n) is 6.55. The van der Waals surface area contributed by atoms with Gasteiger partial charge in [-0.3, -0.25) is 9.97 Å². The van der Waals surface area contributed by atoms with Crippen LogP contribution in [0.3, 0.4) is 0 Å². The monoisotopic (exact) mass is 310 g/mol. The smallest absolute Gasteiger partial charge is 0.235 e. The third-order valence-corrected chi connectivity index (χ3v) is 3.87. The van der Waals surface area contributed by atoms with Gasteiger partial charge in [0.05, 0.1) is 6.20 Å². The maximum absolute atomic E-state index is 5.69. The minimum absolute atomic E-state index is 0.300. The highest BCUT2D eigenvalue weighted by Crippen LogP contribution is 2.23. The van der Waals surface area contributed by atoms with Crippen LogP contribution in [0.15, 0.2) is 48.9 Å². The summed E-state index contributed by atoms with van der Waals surface area (Å²) in [5.74, 6) is 1.42. The van der Waals surface area contributed by atoms with Gasteiger partial charge < -0.3 is 4.74 Å². The number of hydrogen-bond donors (Lipinski definition) is 0. The molecule has 1 aromatic carbocycles. The molecule has 3 heterocycles. The fourth-order valence-corrected chi connectivity index (χ4v) is 2.74. The van der Waals surface area contributed by atoms with Gasteiger partial charge in [-0.1, -0.05) is 29.5 Å². The largest absolute Gasteiger partial charge is 0.486 e. The number of benzene rings is 1. The minimum atomic E-state index is 0.300. The summed E-state index contributed by atoms with van der Waals surface area (Å²) in [4.78, 5) is 8.99. The van der Waals surface area contributed by atoms with Crippen LogP contribution < -0.4 is 4.74 Å². The van der Waals surface area contributed by atoms with E-state index in [0.29, 0.717) is 23.1 Å². The average molecular weight is 310 g/mol. The van der Waals surface area contributed by atoms with E-state index in [2.05, 4.69) is 25.3 Å². The van der Waals surface area contributed by atoms with E-state index in [1.807, 2.05) is 30.3 Å². The van der Waals surface area contributed by atoms with Gasteiger partial charge in [-0.2, -0.15) is 9.61 Å². The lowest BCUT2D eigenvalue weighted by Crippen LogP contribution is -2.02. The number of nitrogens with zero attached hydrogens (tertiary/aromatic N) is 6. The van der Waals surface area contributed by atoms with Crippen molar-refractivity contribution in [2.45, 2.75) is 6.61 Å². The van der Waals surface area contributed by atoms with Crippen molar-refractivity contribution in [3.8, 4) is 16.5 Å². The quantitative estimate of drug-likeness (QED) is 0.575. The van der Waals surface area contributed by atoms with Crippen molar-refractivity contribution < 1.29 is 4.74 Å². The van der Waals surface area contributed by atoms with Crippen LogP contribution in [0.1, 0.15) is 5.82 Å². The first-order chi connectivity index (χ1) is 10.9. The van der Waals surface area contributed by atoms with Crippen LogP contribution in [0.5, 0.6) is 5.75 Å². The van der Waals surface area contributed by atoms with Crippen LogP contribution in [-0.2, 0) is 6.61 Å². The van der Waals surface area contributed by atoms with Gasteiger partial charge >= 0.3 is 0 Å². The Labute approximate surface area is 129 Å². The summed E-state index contributed by atoms with van der Waals surface area (Å²) < 4.78 is 7.36. The molecule has 0 aliphatic carbocycles.